The molecule has 27 heavy (non-hydrogen) atoms. The molecule has 1 amide bonds. The molecular formula is C19H19N3O3S2. The average molecular weight is 402 g/mol. The van der Waals surface area contributed by atoms with Crippen molar-refractivity contribution in [1.29, 1.82) is 0 Å². The third-order valence-electron chi connectivity index (χ3n) is 3.80. The molecule has 8 heteroatoms. The van der Waals surface area contributed by atoms with Gasteiger partial charge in [-0.25, -0.2) is 13.4 Å². The molecule has 0 fully saturated rings. The number of anilines is 1. The summed E-state index contributed by atoms with van der Waals surface area (Å²) in [5.74, 6) is -0.262. The summed E-state index contributed by atoms with van der Waals surface area (Å²) in [5.41, 5.74) is 2.38. The Morgan fingerprint density at radius 2 is 1.93 bits per heavy atom. The van der Waals surface area contributed by atoms with E-state index in [1.165, 1.54) is 11.3 Å². The Morgan fingerprint density at radius 3 is 2.67 bits per heavy atom. The molecule has 0 aliphatic heterocycles. The van der Waals surface area contributed by atoms with Crippen molar-refractivity contribution in [3.05, 3.63) is 65.8 Å². The molecule has 3 rings (SSSR count). The van der Waals surface area contributed by atoms with Gasteiger partial charge in [-0.15, -0.1) is 11.3 Å². The summed E-state index contributed by atoms with van der Waals surface area (Å²) in [7, 11) is -3.24. The highest BCUT2D eigenvalue weighted by Gasteiger charge is 2.14. The van der Waals surface area contributed by atoms with Gasteiger partial charge in [-0.3, -0.25) is 9.78 Å². The van der Waals surface area contributed by atoms with Crippen LogP contribution in [0.1, 0.15) is 18.4 Å². The Bertz CT molecular complexity index is 987. The molecule has 0 bridgehead atoms. The third-order valence-corrected chi connectivity index (χ3v) is 6.24. The number of amides is 1. The van der Waals surface area contributed by atoms with Gasteiger partial charge in [0.2, 0.25) is 5.91 Å². The zero-order chi connectivity index (χ0) is 19.1. The third kappa shape index (κ3) is 5.97. The number of hydrogen-bond acceptors (Lipinski definition) is 6. The van der Waals surface area contributed by atoms with E-state index in [-0.39, 0.29) is 30.3 Å². The minimum Gasteiger partial charge on any atom is -0.302 e. The molecule has 0 saturated carbocycles. The van der Waals surface area contributed by atoms with Crippen LogP contribution in [0, 0.1) is 0 Å². The molecule has 2 heterocycles. The summed E-state index contributed by atoms with van der Waals surface area (Å²) in [5, 5.41) is 5.06. The summed E-state index contributed by atoms with van der Waals surface area (Å²) in [4.78, 5) is 20.5. The highest BCUT2D eigenvalue weighted by molar-refractivity contribution is 7.90. The second kappa shape index (κ2) is 8.88. The lowest BCUT2D eigenvalue weighted by molar-refractivity contribution is -0.116. The highest BCUT2D eigenvalue weighted by atomic mass is 32.2. The number of rotatable bonds is 8. The number of carbonyl (C=O) groups is 1. The van der Waals surface area contributed by atoms with Crippen LogP contribution in [0.15, 0.2) is 60.2 Å². The second-order valence-corrected chi connectivity index (χ2v) is 9.05. The molecule has 0 radical (unpaired) electrons. The molecular weight excluding hydrogens is 382 g/mol. The fourth-order valence-electron chi connectivity index (χ4n) is 2.51. The lowest BCUT2D eigenvalue weighted by atomic mass is 10.2. The number of aromatic nitrogens is 2. The van der Waals surface area contributed by atoms with Crippen molar-refractivity contribution in [3.63, 3.8) is 0 Å². The van der Waals surface area contributed by atoms with E-state index >= 15 is 0 Å². The van der Waals surface area contributed by atoms with Gasteiger partial charge in [-0.05, 0) is 24.1 Å². The SMILES string of the molecule is O=C(CCCS(=O)(=O)Cc1ccccc1)Nc1nc(-c2cccnc2)cs1. The molecule has 6 nitrogen and oxygen atoms in total. The Labute approximate surface area is 162 Å². The van der Waals surface area contributed by atoms with Gasteiger partial charge in [0.05, 0.1) is 17.2 Å². The van der Waals surface area contributed by atoms with E-state index in [9.17, 15) is 13.2 Å². The van der Waals surface area contributed by atoms with Crippen LogP contribution in [0.3, 0.4) is 0 Å². The average Bonchev–Trinajstić information content (AvgIpc) is 3.11. The lowest BCUT2D eigenvalue weighted by Gasteiger charge is -2.05. The van der Waals surface area contributed by atoms with Crippen LogP contribution >= 0.6 is 11.3 Å². The van der Waals surface area contributed by atoms with Crippen LogP contribution in [-0.4, -0.2) is 30.0 Å². The Kier molecular flexibility index (Phi) is 6.31. The molecule has 3 aromatic rings. The normalized spacial score (nSPS) is 11.3. The van der Waals surface area contributed by atoms with E-state index in [2.05, 4.69) is 15.3 Å². The van der Waals surface area contributed by atoms with Gasteiger partial charge in [0.25, 0.3) is 0 Å². The van der Waals surface area contributed by atoms with Crippen LogP contribution in [0.4, 0.5) is 5.13 Å². The number of hydrogen-bond donors (Lipinski definition) is 1. The Hall–Kier alpha value is -2.58. The first-order chi connectivity index (χ1) is 13.0. The van der Waals surface area contributed by atoms with Crippen molar-refractivity contribution in [2.75, 3.05) is 11.1 Å². The molecule has 0 saturated heterocycles. The maximum atomic E-state index is 12.2. The smallest absolute Gasteiger partial charge is 0.226 e. The molecule has 0 spiro atoms. The predicted octanol–water partition coefficient (Wildman–Crippen LogP) is 3.54. The number of benzene rings is 1. The number of sulfone groups is 1. The fourth-order valence-corrected chi connectivity index (χ4v) is 4.68. The monoisotopic (exact) mass is 401 g/mol. The maximum absolute atomic E-state index is 12.2. The van der Waals surface area contributed by atoms with E-state index in [1.54, 1.807) is 24.5 Å². The van der Waals surface area contributed by atoms with Crippen molar-refractivity contribution in [1.82, 2.24) is 9.97 Å². The summed E-state index contributed by atoms with van der Waals surface area (Å²) in [6.45, 7) is 0. The maximum Gasteiger partial charge on any atom is 0.226 e. The number of carbonyl (C=O) groups excluding carboxylic acids is 1. The second-order valence-electron chi connectivity index (χ2n) is 6.01. The van der Waals surface area contributed by atoms with Gasteiger partial charge in [0.1, 0.15) is 0 Å². The fraction of sp³-hybridized carbons (Fsp3) is 0.211. The highest BCUT2D eigenvalue weighted by Crippen LogP contribution is 2.24. The van der Waals surface area contributed by atoms with Gasteiger partial charge in [-0.1, -0.05) is 30.3 Å². The molecule has 0 atom stereocenters. The summed E-state index contributed by atoms with van der Waals surface area (Å²) < 4.78 is 24.3. The number of thiazole rings is 1. The molecule has 140 valence electrons. The van der Waals surface area contributed by atoms with Crippen LogP contribution in [-0.2, 0) is 20.4 Å². The minimum absolute atomic E-state index is 0.00356. The van der Waals surface area contributed by atoms with Gasteiger partial charge in [0.15, 0.2) is 15.0 Å². The summed E-state index contributed by atoms with van der Waals surface area (Å²) in [6.07, 6.45) is 3.81. The predicted molar refractivity (Wildman–Crippen MR) is 107 cm³/mol. The molecule has 0 aliphatic carbocycles. The first-order valence-electron chi connectivity index (χ1n) is 8.42. The Balaban J connectivity index is 1.47. The van der Waals surface area contributed by atoms with Crippen LogP contribution in [0.2, 0.25) is 0 Å². The summed E-state index contributed by atoms with van der Waals surface area (Å²) >= 11 is 1.32. The topological polar surface area (TPSA) is 89.0 Å². The van der Waals surface area contributed by atoms with Gasteiger partial charge >= 0.3 is 0 Å². The molecule has 0 unspecified atom stereocenters. The van der Waals surface area contributed by atoms with E-state index in [4.69, 9.17) is 0 Å². The quantitative estimate of drug-likeness (QED) is 0.624. The first kappa shape index (κ1) is 19.2. The van der Waals surface area contributed by atoms with Crippen molar-refractivity contribution in [3.8, 4) is 11.3 Å². The van der Waals surface area contributed by atoms with Crippen LogP contribution in [0.25, 0.3) is 11.3 Å². The number of pyridine rings is 1. The van der Waals surface area contributed by atoms with E-state index < -0.39 is 9.84 Å². The first-order valence-corrected chi connectivity index (χ1v) is 11.1. The van der Waals surface area contributed by atoms with Gasteiger partial charge in [0, 0.05) is 29.8 Å². The van der Waals surface area contributed by atoms with Crippen molar-refractivity contribution >= 4 is 32.2 Å². The molecule has 2 aromatic heterocycles. The molecule has 1 aromatic carbocycles. The number of nitrogens with one attached hydrogen (secondary N) is 1. The molecule has 1 N–H and O–H groups in total. The number of nitrogens with zero attached hydrogens (tertiary/aromatic N) is 2. The van der Waals surface area contributed by atoms with Crippen molar-refractivity contribution < 1.29 is 13.2 Å². The van der Waals surface area contributed by atoms with Crippen LogP contribution < -0.4 is 5.32 Å². The minimum atomic E-state index is -3.24. The Morgan fingerprint density at radius 1 is 1.11 bits per heavy atom. The van der Waals surface area contributed by atoms with Crippen molar-refractivity contribution in [2.24, 2.45) is 0 Å². The van der Waals surface area contributed by atoms with Crippen LogP contribution in [0.5, 0.6) is 0 Å². The zero-order valence-electron chi connectivity index (χ0n) is 14.5. The lowest BCUT2D eigenvalue weighted by Crippen LogP contribution is -2.15. The van der Waals surface area contributed by atoms with Gasteiger partial charge in [-0.2, -0.15) is 0 Å². The molecule has 0 aliphatic rings. The standard InChI is InChI=1S/C19H19N3O3S2/c23-18(9-5-11-27(24,25)14-15-6-2-1-3-7-15)22-19-21-17(13-26-19)16-8-4-10-20-12-16/h1-4,6-8,10,12-13H,5,9,11,14H2,(H,21,22,23). The van der Waals surface area contributed by atoms with Gasteiger partial charge < -0.3 is 5.32 Å². The zero-order valence-corrected chi connectivity index (χ0v) is 16.2. The van der Waals surface area contributed by atoms with E-state index in [0.717, 1.165) is 16.8 Å². The largest absolute Gasteiger partial charge is 0.302 e. The van der Waals surface area contributed by atoms with Crippen molar-refractivity contribution in [2.45, 2.75) is 18.6 Å². The summed E-state index contributed by atoms with van der Waals surface area (Å²) in [6, 6.07) is 12.8. The van der Waals surface area contributed by atoms with E-state index in [1.807, 2.05) is 35.7 Å². The van der Waals surface area contributed by atoms with E-state index in [0.29, 0.717) is 5.13 Å².